The Morgan fingerprint density at radius 1 is 0.755 bits per heavy atom. The molecule has 0 radical (unpaired) electrons. The van der Waals surface area contributed by atoms with Crippen LogP contribution in [0.1, 0.15) is 82.6 Å². The van der Waals surface area contributed by atoms with E-state index in [4.69, 9.17) is 67.7 Å². The van der Waals surface area contributed by atoms with E-state index in [1.54, 1.807) is 25.3 Å². The average molecular weight is 1400 g/mol. The van der Waals surface area contributed by atoms with Gasteiger partial charge in [-0.25, -0.2) is 18.0 Å². The number of ketones is 1. The van der Waals surface area contributed by atoms with Crippen molar-refractivity contribution < 1.29 is 110 Å². The van der Waals surface area contributed by atoms with Gasteiger partial charge in [-0.1, -0.05) is 6.58 Å². The van der Waals surface area contributed by atoms with Gasteiger partial charge in [0, 0.05) is 84.1 Å². The van der Waals surface area contributed by atoms with E-state index in [1.807, 2.05) is 55.4 Å². The minimum Gasteiger partial charge on any atom is -0.376 e. The van der Waals surface area contributed by atoms with E-state index in [-0.39, 0.29) is 80.3 Å². The number of ether oxygens (including phenoxy) is 14. The first-order valence-electron chi connectivity index (χ1n) is 30.6. The number of nitrogens with zero attached hydrogens (tertiary/aromatic N) is 3. The Morgan fingerprint density at radius 2 is 1.26 bits per heavy atom. The number of amides is 1. The summed E-state index contributed by atoms with van der Waals surface area (Å²) >= 11 is 0. The number of hydrogen-bond acceptors (Lipinski definition) is 25. The molecule has 5 aliphatic heterocycles. The molecule has 33 nitrogen and oxygen atoms in total. The van der Waals surface area contributed by atoms with Crippen LogP contribution in [0.2, 0.25) is 0 Å². The molecule has 8 rings (SSSR count). The third-order valence-electron chi connectivity index (χ3n) is 14.6. The van der Waals surface area contributed by atoms with Crippen molar-refractivity contribution in [2.45, 2.75) is 185 Å². The summed E-state index contributed by atoms with van der Waals surface area (Å²) in [6.45, 7) is 21.9. The van der Waals surface area contributed by atoms with Gasteiger partial charge in [-0.05, 0) is 80.6 Å². The summed E-state index contributed by atoms with van der Waals surface area (Å²) in [5.41, 5.74) is -3.30. The molecule has 6 aliphatic rings. The predicted octanol–water partition coefficient (Wildman–Crippen LogP) is 1.22. The van der Waals surface area contributed by atoms with Gasteiger partial charge in [0.05, 0.1) is 51.8 Å². The molecule has 534 valence electrons. The first-order valence-corrected chi connectivity index (χ1v) is 36.1. The molecule has 7 heterocycles. The summed E-state index contributed by atoms with van der Waals surface area (Å²) in [6.07, 6.45) is -1.73. The number of carbonyl (C=O) groups is 2. The molecule has 4 saturated heterocycles. The Kier molecular flexibility index (Phi) is 29.3. The quantitative estimate of drug-likeness (QED) is 0.0685. The van der Waals surface area contributed by atoms with Crippen LogP contribution >= 0.6 is 15.0 Å². The largest absolute Gasteiger partial charge is 0.376 e. The van der Waals surface area contributed by atoms with E-state index in [1.165, 1.54) is 67.5 Å². The number of hydrogen-bond donors (Lipinski definition) is 6. The van der Waals surface area contributed by atoms with Crippen LogP contribution in [-0.4, -0.2) is 242 Å². The molecule has 6 N–H and O–H groups in total. The van der Waals surface area contributed by atoms with Gasteiger partial charge in [0.25, 0.3) is 17.0 Å². The Labute approximate surface area is 546 Å². The zero-order chi connectivity index (χ0) is 71.2. The van der Waals surface area contributed by atoms with Crippen LogP contribution in [0.25, 0.3) is 0 Å². The maximum atomic E-state index is 12.2. The van der Waals surface area contributed by atoms with Crippen LogP contribution in [0.3, 0.4) is 0 Å². The second-order valence-corrected chi connectivity index (χ2v) is 30.0. The lowest BCUT2D eigenvalue weighted by Crippen LogP contribution is -2.48. The van der Waals surface area contributed by atoms with Crippen LogP contribution in [0.4, 0.5) is 0 Å². The van der Waals surface area contributed by atoms with E-state index in [0.717, 1.165) is 12.1 Å². The molecular formula is C58H94N6O27P2S. The van der Waals surface area contributed by atoms with E-state index in [0.29, 0.717) is 18.8 Å². The second-order valence-electron chi connectivity index (χ2n) is 24.1. The number of rotatable bonds is 27. The highest BCUT2D eigenvalue weighted by Crippen LogP contribution is 2.62. The standard InChI is InChI=1S/C17H26N2O6.C15H23N2O8P.C15H24N2O8S.C11H21O5P/c1-10(2)24-15-13(9-23-8-11(3)20)25-17(16(15)22-5)19-7-6-14(21)18-12(19)4;1-8(2)24-12-11(23-3)13(17-5-4-10(18)16-14(17)19)25-15(12)6-9(15)7-26(20,21)22;1-9(2)24-12-10(7-23-8-26(4,20)21)25-14(13(12)22-3)17-6-5-11(18)16-15(17)19;1-8(2)16-11-9(5-6-17(4,12)13)15-7-10(11)14-3/h6-7,10,13,15-17H,4,8-9H2,1-3,5H3,(H,18,21);4-5,8-9,11-13H,6-7H2,1-3H3,(H,16,18,19)(H2,20,21,22);5-6,9-10,12-14H,7-8H2,1-4H3,(H,16,18,19);5-6,8-11H,7H2,1-4H3,(H,12,13)/b;;;6-5+/t13-,15-,16-,17-;9?,11-,12+,13-,15-;10-,12-,13-,14-;9-,10+,11-/m1111/s1/i;;;5D. The lowest BCUT2D eigenvalue weighted by molar-refractivity contribution is -0.126. The van der Waals surface area contributed by atoms with Gasteiger partial charge >= 0.3 is 19.0 Å². The smallest absolute Gasteiger partial charge is 0.330 e. The summed E-state index contributed by atoms with van der Waals surface area (Å²) in [7, 11) is -4.88. The van der Waals surface area contributed by atoms with Crippen molar-refractivity contribution in [1.29, 1.82) is 0 Å². The van der Waals surface area contributed by atoms with Crippen molar-refractivity contribution in [3.8, 4) is 0 Å². The van der Waals surface area contributed by atoms with Gasteiger partial charge in [0.15, 0.2) is 34.3 Å². The lowest BCUT2D eigenvalue weighted by atomic mass is 10.1. The molecule has 1 saturated carbocycles. The lowest BCUT2D eigenvalue weighted by Gasteiger charge is -2.34. The zero-order valence-electron chi connectivity index (χ0n) is 56.5. The van der Waals surface area contributed by atoms with Crippen molar-refractivity contribution in [1.82, 2.24) is 29.3 Å². The molecule has 36 heteroatoms. The molecular weight excluding hydrogens is 1310 g/mol. The third-order valence-corrected chi connectivity index (χ3v) is 16.7. The maximum Gasteiger partial charge on any atom is 0.330 e. The number of aromatic nitrogens is 4. The van der Waals surface area contributed by atoms with Gasteiger partial charge in [-0.3, -0.25) is 47.4 Å². The van der Waals surface area contributed by atoms with Crippen molar-refractivity contribution in [3.63, 3.8) is 0 Å². The van der Waals surface area contributed by atoms with Gasteiger partial charge in [-0.2, -0.15) is 0 Å². The van der Waals surface area contributed by atoms with Gasteiger partial charge in [0.2, 0.25) is 7.37 Å². The fourth-order valence-corrected chi connectivity index (χ4v) is 12.7. The van der Waals surface area contributed by atoms with E-state index in [9.17, 15) is 61.0 Å². The topological polar surface area (TPSA) is 417 Å². The number of H-pyrrole nitrogens is 2. The molecule has 94 heavy (non-hydrogen) atoms. The number of aromatic amines is 2. The summed E-state index contributed by atoms with van der Waals surface area (Å²) in [5, 5.41) is 2.63. The molecule has 2 aromatic heterocycles. The van der Waals surface area contributed by atoms with E-state index >= 15 is 0 Å². The number of sulfone groups is 1. The molecule has 5 fully saturated rings. The average Bonchev–Trinajstić information content (AvgIpc) is 1.53. The summed E-state index contributed by atoms with van der Waals surface area (Å²) in [6, 6.07) is 2.36. The SMILES string of the molecule is C=C1NC(=O)C=CN1[C@@H]1O[C@H](COCC(C)=O)[C@@H](OC(C)C)[C@H]1OC.CO[C@@H]1[C@H](OC(C)C)[C@@H](COCS(C)(=O)=O)O[C@H]1n1ccc(=O)[nH]c1=O.CO[C@H]1[C@H](n2ccc(=O)[nH]c2=O)O[C@@]2(CC2CP(=O)(O)O)[C@H]1OC(C)C.[2H]/C(=C\P(C)(=O)O)[C@H]1OC[C@H](OC)[C@@H]1OC(C)C. The van der Waals surface area contributed by atoms with Gasteiger partial charge in [0.1, 0.15) is 91.1 Å². The minimum absolute atomic E-state index is 0.0168. The van der Waals surface area contributed by atoms with Crippen molar-refractivity contribution in [2.24, 2.45) is 5.92 Å². The Hall–Kier alpha value is -4.75. The monoisotopic (exact) mass is 1400 g/mol. The highest BCUT2D eigenvalue weighted by molar-refractivity contribution is 7.90. The Balaban J connectivity index is 0.000000231. The van der Waals surface area contributed by atoms with Crippen LogP contribution in [0.5, 0.6) is 0 Å². The van der Waals surface area contributed by atoms with Gasteiger partial charge < -0.3 is 91.2 Å². The second kappa shape index (κ2) is 35.1. The molecule has 17 atom stereocenters. The molecule has 1 aliphatic carbocycles. The Morgan fingerprint density at radius 3 is 1.71 bits per heavy atom. The fourth-order valence-electron chi connectivity index (χ4n) is 10.9. The normalized spacial score (nSPS) is 30.8. The molecule has 2 unspecified atom stereocenters. The molecule has 0 bridgehead atoms. The van der Waals surface area contributed by atoms with Crippen LogP contribution in [-0.2, 0) is 94.9 Å². The highest BCUT2D eigenvalue weighted by Gasteiger charge is 2.71. The molecule has 2 aromatic rings. The number of nitrogens with one attached hydrogen (secondary N) is 3. The molecule has 1 spiro atoms. The summed E-state index contributed by atoms with van der Waals surface area (Å²) in [4.78, 5) is 103. The summed E-state index contributed by atoms with van der Waals surface area (Å²) in [5.74, 6) is 0.259. The van der Waals surface area contributed by atoms with E-state index in [2.05, 4.69) is 21.9 Å². The van der Waals surface area contributed by atoms with Crippen LogP contribution < -0.4 is 27.8 Å². The molecule has 1 amide bonds. The fraction of sp³-hybridized carbons (Fsp3) is 0.724. The first-order chi connectivity index (χ1) is 44.3. The molecule has 0 aromatic carbocycles. The third kappa shape index (κ3) is 23.2. The van der Waals surface area contributed by atoms with Crippen molar-refractivity contribution >= 4 is 36.5 Å². The van der Waals surface area contributed by atoms with Gasteiger partial charge in [-0.15, -0.1) is 0 Å². The van der Waals surface area contributed by atoms with E-state index < -0.39 is 138 Å². The highest BCUT2D eigenvalue weighted by atomic mass is 32.2. The summed E-state index contributed by atoms with van der Waals surface area (Å²) < 4.78 is 135. The maximum absolute atomic E-state index is 12.2. The number of methoxy groups -OCH3 is 4. The first kappa shape index (κ1) is 78.2. The number of carbonyl (C=O) groups excluding carboxylic acids is 2. The van der Waals surface area contributed by atoms with Crippen LogP contribution in [0.15, 0.2) is 80.2 Å². The van der Waals surface area contributed by atoms with Crippen molar-refractivity contribution in [3.05, 3.63) is 103 Å². The Bertz CT molecular complexity index is 3410. The van der Waals surface area contributed by atoms with Crippen LogP contribution in [0, 0.1) is 5.92 Å². The number of Topliss-reactive ketones (excluding diaryl/α,β-unsaturated/α-hetero) is 1. The van der Waals surface area contributed by atoms with Crippen molar-refractivity contribution in [2.75, 3.05) is 79.9 Å². The predicted molar refractivity (Wildman–Crippen MR) is 336 cm³/mol. The minimum atomic E-state index is -4.23. The zero-order valence-corrected chi connectivity index (χ0v) is 58.1.